The Morgan fingerprint density at radius 1 is 1.35 bits per heavy atom. The third-order valence-electron chi connectivity index (χ3n) is 4.96. The van der Waals surface area contributed by atoms with Crippen LogP contribution in [0.2, 0.25) is 0 Å². The summed E-state index contributed by atoms with van der Waals surface area (Å²) in [7, 11) is 0. The van der Waals surface area contributed by atoms with Crippen molar-refractivity contribution in [3.05, 3.63) is 24.2 Å². The molecule has 2 aliphatic heterocycles. The van der Waals surface area contributed by atoms with Crippen molar-refractivity contribution < 1.29 is 13.9 Å². The molecule has 0 spiro atoms. The number of aliphatic imine (C=N–C) groups is 1. The minimum atomic E-state index is 0. The summed E-state index contributed by atoms with van der Waals surface area (Å²) in [6.07, 6.45) is 6.21. The van der Waals surface area contributed by atoms with Crippen molar-refractivity contribution in [1.29, 1.82) is 0 Å². The van der Waals surface area contributed by atoms with Crippen LogP contribution in [0.1, 0.15) is 38.9 Å². The minimum absolute atomic E-state index is 0. The number of guanidine groups is 1. The van der Waals surface area contributed by atoms with E-state index in [4.69, 9.17) is 18.9 Å². The highest BCUT2D eigenvalue weighted by atomic mass is 127. The molecule has 3 rings (SSSR count). The van der Waals surface area contributed by atoms with Crippen molar-refractivity contribution in [2.45, 2.75) is 57.8 Å². The Hall–Kier alpha value is -0.800. The molecule has 0 bridgehead atoms. The Labute approximate surface area is 173 Å². The summed E-state index contributed by atoms with van der Waals surface area (Å²) in [6.45, 7) is 8.39. The van der Waals surface area contributed by atoms with Crippen LogP contribution in [0.3, 0.4) is 0 Å². The number of rotatable bonds is 6. The summed E-state index contributed by atoms with van der Waals surface area (Å²) < 4.78 is 17.2. The monoisotopic (exact) mass is 477 g/mol. The summed E-state index contributed by atoms with van der Waals surface area (Å²) >= 11 is 0. The molecular formula is C19H32IN3O3. The van der Waals surface area contributed by atoms with Gasteiger partial charge >= 0.3 is 0 Å². The van der Waals surface area contributed by atoms with Crippen LogP contribution >= 0.6 is 24.0 Å². The predicted octanol–water partition coefficient (Wildman–Crippen LogP) is 3.06. The molecule has 0 radical (unpaired) electrons. The number of morpholine rings is 1. The third kappa shape index (κ3) is 6.13. The van der Waals surface area contributed by atoms with Gasteiger partial charge in [-0.3, -0.25) is 4.99 Å². The molecule has 3 unspecified atom stereocenters. The molecule has 6 nitrogen and oxygen atoms in total. The summed E-state index contributed by atoms with van der Waals surface area (Å²) in [5.74, 6) is 1.96. The number of ether oxygens (including phenoxy) is 2. The Balaban J connectivity index is 0.00000243. The number of nitrogens with zero attached hydrogens (tertiary/aromatic N) is 2. The van der Waals surface area contributed by atoms with Gasteiger partial charge < -0.3 is 24.1 Å². The van der Waals surface area contributed by atoms with Crippen LogP contribution in [-0.4, -0.2) is 62.0 Å². The van der Waals surface area contributed by atoms with Crippen molar-refractivity contribution in [3.8, 4) is 0 Å². The van der Waals surface area contributed by atoms with E-state index in [1.807, 2.05) is 12.1 Å². The Morgan fingerprint density at radius 2 is 2.19 bits per heavy atom. The molecule has 2 aliphatic rings. The van der Waals surface area contributed by atoms with E-state index < -0.39 is 0 Å². The molecule has 1 N–H and O–H groups in total. The van der Waals surface area contributed by atoms with Gasteiger partial charge in [0.15, 0.2) is 5.96 Å². The highest BCUT2D eigenvalue weighted by Crippen LogP contribution is 2.21. The van der Waals surface area contributed by atoms with Crippen LogP contribution < -0.4 is 5.32 Å². The van der Waals surface area contributed by atoms with Crippen molar-refractivity contribution in [2.75, 3.05) is 32.8 Å². The van der Waals surface area contributed by atoms with Gasteiger partial charge in [0.25, 0.3) is 0 Å². The summed E-state index contributed by atoms with van der Waals surface area (Å²) in [5.41, 5.74) is 0. The maximum absolute atomic E-state index is 5.97. The normalized spacial score (nSPS) is 25.0. The number of furan rings is 1. The van der Waals surface area contributed by atoms with E-state index in [0.29, 0.717) is 12.6 Å². The lowest BCUT2D eigenvalue weighted by Gasteiger charge is -2.38. The highest BCUT2D eigenvalue weighted by molar-refractivity contribution is 14.0. The zero-order valence-electron chi connectivity index (χ0n) is 15.9. The van der Waals surface area contributed by atoms with Crippen molar-refractivity contribution in [1.82, 2.24) is 10.2 Å². The zero-order valence-corrected chi connectivity index (χ0v) is 18.2. The van der Waals surface area contributed by atoms with Crippen LogP contribution in [-0.2, 0) is 15.9 Å². The van der Waals surface area contributed by atoms with Gasteiger partial charge in [-0.15, -0.1) is 24.0 Å². The average molecular weight is 477 g/mol. The van der Waals surface area contributed by atoms with Crippen LogP contribution in [0.4, 0.5) is 0 Å². The maximum atomic E-state index is 5.97. The smallest absolute Gasteiger partial charge is 0.194 e. The molecule has 2 fully saturated rings. The zero-order chi connectivity index (χ0) is 17.5. The molecule has 0 aromatic carbocycles. The SMILES string of the molecule is CCC(C)NC(=NCCc1ccco1)N1CCOC(C2CCCO2)C1.I. The number of hydrogen-bond acceptors (Lipinski definition) is 4. The maximum Gasteiger partial charge on any atom is 0.194 e. The van der Waals surface area contributed by atoms with Crippen LogP contribution in [0.5, 0.6) is 0 Å². The summed E-state index contributed by atoms with van der Waals surface area (Å²) in [5, 5.41) is 3.58. The second-order valence-electron chi connectivity index (χ2n) is 6.90. The van der Waals surface area contributed by atoms with E-state index in [9.17, 15) is 0 Å². The second kappa shape index (κ2) is 11.1. The first kappa shape index (κ1) is 21.5. The molecule has 0 aliphatic carbocycles. The summed E-state index contributed by atoms with van der Waals surface area (Å²) in [4.78, 5) is 7.17. The fraction of sp³-hybridized carbons (Fsp3) is 0.737. The number of nitrogens with one attached hydrogen (secondary N) is 1. The van der Waals surface area contributed by atoms with Gasteiger partial charge in [-0.25, -0.2) is 0 Å². The predicted molar refractivity (Wildman–Crippen MR) is 113 cm³/mol. The lowest BCUT2D eigenvalue weighted by Crippen LogP contribution is -2.54. The topological polar surface area (TPSA) is 59.2 Å². The second-order valence-corrected chi connectivity index (χ2v) is 6.90. The van der Waals surface area contributed by atoms with Crippen molar-refractivity contribution >= 4 is 29.9 Å². The molecule has 2 saturated heterocycles. The van der Waals surface area contributed by atoms with E-state index in [2.05, 4.69) is 24.1 Å². The van der Waals surface area contributed by atoms with E-state index in [0.717, 1.165) is 63.7 Å². The molecular weight excluding hydrogens is 445 g/mol. The fourth-order valence-corrected chi connectivity index (χ4v) is 3.27. The molecule has 3 atom stereocenters. The van der Waals surface area contributed by atoms with Gasteiger partial charge in [-0.1, -0.05) is 6.92 Å². The highest BCUT2D eigenvalue weighted by Gasteiger charge is 2.32. The number of halogens is 1. The van der Waals surface area contributed by atoms with E-state index in [-0.39, 0.29) is 36.2 Å². The summed E-state index contributed by atoms with van der Waals surface area (Å²) in [6, 6.07) is 4.32. The molecule has 1 aromatic heterocycles. The Morgan fingerprint density at radius 3 is 2.88 bits per heavy atom. The average Bonchev–Trinajstić information content (AvgIpc) is 3.34. The third-order valence-corrected chi connectivity index (χ3v) is 4.96. The fourth-order valence-electron chi connectivity index (χ4n) is 3.27. The first-order valence-corrected chi connectivity index (χ1v) is 9.57. The Bertz CT molecular complexity index is 532. The quantitative estimate of drug-likeness (QED) is 0.388. The van der Waals surface area contributed by atoms with E-state index in [1.54, 1.807) is 6.26 Å². The van der Waals surface area contributed by atoms with Gasteiger partial charge in [-0.05, 0) is 38.3 Å². The van der Waals surface area contributed by atoms with Gasteiger partial charge in [-0.2, -0.15) is 0 Å². The largest absolute Gasteiger partial charge is 0.469 e. The van der Waals surface area contributed by atoms with E-state index >= 15 is 0 Å². The van der Waals surface area contributed by atoms with Crippen LogP contribution in [0.25, 0.3) is 0 Å². The van der Waals surface area contributed by atoms with Gasteiger partial charge in [0.05, 0.1) is 19.0 Å². The standard InChI is InChI=1S/C19H31N3O3.HI/c1-3-15(2)21-19(20-9-8-16-6-4-11-23-16)22-10-13-25-18(14-22)17-7-5-12-24-17;/h4,6,11,15,17-18H,3,5,7-10,12-14H2,1-2H3,(H,20,21);1H. The van der Waals surface area contributed by atoms with E-state index in [1.165, 1.54) is 0 Å². The van der Waals surface area contributed by atoms with Crippen molar-refractivity contribution in [2.24, 2.45) is 4.99 Å². The van der Waals surface area contributed by atoms with Gasteiger partial charge in [0.1, 0.15) is 11.9 Å². The molecule has 1 aromatic rings. The first-order chi connectivity index (χ1) is 12.3. The van der Waals surface area contributed by atoms with Gasteiger partial charge in [0, 0.05) is 38.7 Å². The van der Waals surface area contributed by atoms with Crippen molar-refractivity contribution in [3.63, 3.8) is 0 Å². The van der Waals surface area contributed by atoms with Gasteiger partial charge in [0.2, 0.25) is 0 Å². The minimum Gasteiger partial charge on any atom is -0.469 e. The molecule has 7 heteroatoms. The lowest BCUT2D eigenvalue weighted by atomic mass is 10.1. The first-order valence-electron chi connectivity index (χ1n) is 9.57. The Kier molecular flexibility index (Phi) is 9.21. The molecule has 3 heterocycles. The van der Waals surface area contributed by atoms with Crippen LogP contribution in [0, 0.1) is 0 Å². The molecule has 148 valence electrons. The lowest BCUT2D eigenvalue weighted by molar-refractivity contribution is -0.0817. The molecule has 0 saturated carbocycles. The number of hydrogen-bond donors (Lipinski definition) is 1. The molecule has 26 heavy (non-hydrogen) atoms. The molecule has 0 amide bonds. The van der Waals surface area contributed by atoms with Crippen LogP contribution in [0.15, 0.2) is 27.8 Å².